The van der Waals surface area contributed by atoms with E-state index in [9.17, 15) is 4.79 Å². The highest BCUT2D eigenvalue weighted by atomic mass is 16.1. The van der Waals surface area contributed by atoms with Gasteiger partial charge in [0.05, 0.1) is 5.69 Å². The summed E-state index contributed by atoms with van der Waals surface area (Å²) in [7, 11) is 0. The predicted octanol–water partition coefficient (Wildman–Crippen LogP) is 2.35. The first kappa shape index (κ1) is 12.0. The van der Waals surface area contributed by atoms with Gasteiger partial charge < -0.3 is 4.90 Å². The van der Waals surface area contributed by atoms with E-state index in [0.717, 1.165) is 24.3 Å². The highest BCUT2D eigenvalue weighted by Gasteiger charge is 2.15. The number of aromatic nitrogens is 2. The second kappa shape index (κ2) is 4.88. The largest absolute Gasteiger partial charge is 0.342 e. The van der Waals surface area contributed by atoms with Crippen LogP contribution in [0.15, 0.2) is 35.1 Å². The van der Waals surface area contributed by atoms with E-state index in [-0.39, 0.29) is 5.56 Å². The zero-order valence-corrected chi connectivity index (χ0v) is 11.0. The topological polar surface area (TPSA) is 49.0 Å². The molecule has 1 aliphatic heterocycles. The molecule has 0 saturated carbocycles. The lowest BCUT2D eigenvalue weighted by Gasteiger charge is -2.16. The second-order valence-corrected chi connectivity index (χ2v) is 5.02. The van der Waals surface area contributed by atoms with Gasteiger partial charge in [0.15, 0.2) is 0 Å². The molecular formula is C15H17N3O. The Bertz CT molecular complexity index is 642. The van der Waals surface area contributed by atoms with Crippen LogP contribution in [-0.2, 0) is 0 Å². The van der Waals surface area contributed by atoms with E-state index in [1.807, 2.05) is 25.1 Å². The van der Waals surface area contributed by atoms with Gasteiger partial charge in [0.2, 0.25) is 5.95 Å². The lowest BCUT2D eigenvalue weighted by Crippen LogP contribution is -2.23. The number of hydrogen-bond acceptors (Lipinski definition) is 3. The van der Waals surface area contributed by atoms with Gasteiger partial charge in [0.25, 0.3) is 5.56 Å². The maximum Gasteiger partial charge on any atom is 0.252 e. The minimum atomic E-state index is -0.0894. The standard InChI is InChI=1S/C15H17N3O/c1-11-5-4-6-12(9-11)13-10-14(19)17-15(16-13)18-7-2-3-8-18/h4-6,9-10H,2-3,7-8H2,1H3,(H,16,17,19). The van der Waals surface area contributed by atoms with Gasteiger partial charge in [-0.15, -0.1) is 0 Å². The van der Waals surface area contributed by atoms with Crippen molar-refractivity contribution in [3.63, 3.8) is 0 Å². The van der Waals surface area contributed by atoms with Gasteiger partial charge in [0, 0.05) is 24.7 Å². The highest BCUT2D eigenvalue weighted by molar-refractivity contribution is 5.61. The molecule has 3 rings (SSSR count). The Labute approximate surface area is 112 Å². The minimum Gasteiger partial charge on any atom is -0.342 e. The number of H-pyrrole nitrogens is 1. The van der Waals surface area contributed by atoms with E-state index in [1.165, 1.54) is 18.4 Å². The monoisotopic (exact) mass is 255 g/mol. The third-order valence-electron chi connectivity index (χ3n) is 3.45. The van der Waals surface area contributed by atoms with E-state index >= 15 is 0 Å². The number of rotatable bonds is 2. The molecule has 1 aromatic carbocycles. The van der Waals surface area contributed by atoms with E-state index in [2.05, 4.69) is 20.9 Å². The first-order valence-corrected chi connectivity index (χ1v) is 6.66. The van der Waals surface area contributed by atoms with Crippen molar-refractivity contribution in [1.82, 2.24) is 9.97 Å². The van der Waals surface area contributed by atoms with Crippen LogP contribution in [0.3, 0.4) is 0 Å². The zero-order valence-electron chi connectivity index (χ0n) is 11.0. The molecule has 4 nitrogen and oxygen atoms in total. The molecule has 2 heterocycles. The van der Waals surface area contributed by atoms with Crippen molar-refractivity contribution < 1.29 is 0 Å². The number of aryl methyl sites for hydroxylation is 1. The molecule has 1 saturated heterocycles. The molecule has 4 heteroatoms. The summed E-state index contributed by atoms with van der Waals surface area (Å²) in [6.45, 7) is 3.98. The number of anilines is 1. The summed E-state index contributed by atoms with van der Waals surface area (Å²) in [6.07, 6.45) is 2.33. The van der Waals surface area contributed by atoms with Crippen LogP contribution in [0, 0.1) is 6.92 Å². The summed E-state index contributed by atoms with van der Waals surface area (Å²) < 4.78 is 0. The molecule has 0 bridgehead atoms. The Morgan fingerprint density at radius 1 is 1.21 bits per heavy atom. The molecule has 0 aliphatic carbocycles. The average Bonchev–Trinajstić information content (AvgIpc) is 2.92. The van der Waals surface area contributed by atoms with Crippen molar-refractivity contribution in [1.29, 1.82) is 0 Å². The van der Waals surface area contributed by atoms with Crippen molar-refractivity contribution >= 4 is 5.95 Å². The fourth-order valence-electron chi connectivity index (χ4n) is 2.48. The molecule has 1 N–H and O–H groups in total. The van der Waals surface area contributed by atoms with Crippen molar-refractivity contribution in [3.05, 3.63) is 46.2 Å². The van der Waals surface area contributed by atoms with Gasteiger partial charge in [-0.25, -0.2) is 4.98 Å². The number of hydrogen-bond donors (Lipinski definition) is 1. The van der Waals surface area contributed by atoms with Crippen LogP contribution in [0.1, 0.15) is 18.4 Å². The first-order valence-electron chi connectivity index (χ1n) is 6.66. The van der Waals surface area contributed by atoms with Crippen LogP contribution in [0.2, 0.25) is 0 Å². The number of benzene rings is 1. The van der Waals surface area contributed by atoms with Gasteiger partial charge in [-0.1, -0.05) is 23.8 Å². The zero-order chi connectivity index (χ0) is 13.2. The average molecular weight is 255 g/mol. The Kier molecular flexibility index (Phi) is 3.07. The van der Waals surface area contributed by atoms with Crippen LogP contribution in [0.25, 0.3) is 11.3 Å². The molecule has 1 fully saturated rings. The van der Waals surface area contributed by atoms with E-state index < -0.39 is 0 Å². The molecule has 98 valence electrons. The lowest BCUT2D eigenvalue weighted by atomic mass is 10.1. The molecule has 0 atom stereocenters. The Morgan fingerprint density at radius 2 is 2.00 bits per heavy atom. The molecule has 0 amide bonds. The quantitative estimate of drug-likeness (QED) is 0.896. The Morgan fingerprint density at radius 3 is 2.74 bits per heavy atom. The maximum absolute atomic E-state index is 11.8. The fourth-order valence-corrected chi connectivity index (χ4v) is 2.48. The van der Waals surface area contributed by atoms with E-state index in [1.54, 1.807) is 6.07 Å². The van der Waals surface area contributed by atoms with Gasteiger partial charge in [0.1, 0.15) is 0 Å². The molecular weight excluding hydrogens is 238 g/mol. The SMILES string of the molecule is Cc1cccc(-c2cc(=O)[nH]c(N3CCCC3)n2)c1. The van der Waals surface area contributed by atoms with Gasteiger partial charge in [-0.05, 0) is 25.8 Å². The summed E-state index contributed by atoms with van der Waals surface area (Å²) in [5, 5.41) is 0. The van der Waals surface area contributed by atoms with Crippen LogP contribution in [-0.4, -0.2) is 23.1 Å². The molecule has 0 unspecified atom stereocenters. The Hall–Kier alpha value is -2.10. The van der Waals surface area contributed by atoms with Crippen LogP contribution >= 0.6 is 0 Å². The summed E-state index contributed by atoms with van der Waals surface area (Å²) in [6, 6.07) is 9.63. The third kappa shape index (κ3) is 2.52. The number of nitrogens with one attached hydrogen (secondary N) is 1. The molecule has 0 radical (unpaired) electrons. The summed E-state index contributed by atoms with van der Waals surface area (Å²) in [5.41, 5.74) is 2.82. The van der Waals surface area contributed by atoms with Crippen LogP contribution < -0.4 is 10.5 Å². The molecule has 0 spiro atoms. The van der Waals surface area contributed by atoms with Gasteiger partial charge in [-0.3, -0.25) is 9.78 Å². The van der Waals surface area contributed by atoms with Gasteiger partial charge in [-0.2, -0.15) is 0 Å². The lowest BCUT2D eigenvalue weighted by molar-refractivity contribution is 0.892. The van der Waals surface area contributed by atoms with Crippen molar-refractivity contribution in [3.8, 4) is 11.3 Å². The maximum atomic E-state index is 11.8. The molecule has 1 aliphatic rings. The second-order valence-electron chi connectivity index (χ2n) is 5.02. The fraction of sp³-hybridized carbons (Fsp3) is 0.333. The summed E-state index contributed by atoms with van der Waals surface area (Å²) in [5.74, 6) is 0.696. The van der Waals surface area contributed by atoms with Crippen LogP contribution in [0.4, 0.5) is 5.95 Å². The van der Waals surface area contributed by atoms with Crippen molar-refractivity contribution in [2.45, 2.75) is 19.8 Å². The van der Waals surface area contributed by atoms with Gasteiger partial charge >= 0.3 is 0 Å². The molecule has 19 heavy (non-hydrogen) atoms. The Balaban J connectivity index is 2.04. The first-order chi connectivity index (χ1) is 9.22. The van der Waals surface area contributed by atoms with E-state index in [4.69, 9.17) is 0 Å². The minimum absolute atomic E-state index is 0.0894. The predicted molar refractivity (Wildman–Crippen MR) is 76.5 cm³/mol. The third-order valence-corrected chi connectivity index (χ3v) is 3.45. The summed E-state index contributed by atoms with van der Waals surface area (Å²) in [4.78, 5) is 21.4. The van der Waals surface area contributed by atoms with E-state index in [0.29, 0.717) is 5.95 Å². The highest BCUT2D eigenvalue weighted by Crippen LogP contribution is 2.20. The smallest absolute Gasteiger partial charge is 0.252 e. The number of aromatic amines is 1. The van der Waals surface area contributed by atoms with Crippen molar-refractivity contribution in [2.24, 2.45) is 0 Å². The number of nitrogens with zero attached hydrogens (tertiary/aromatic N) is 2. The molecule has 2 aromatic rings. The normalized spacial score (nSPS) is 14.9. The summed E-state index contributed by atoms with van der Waals surface area (Å²) >= 11 is 0. The molecule has 1 aromatic heterocycles. The van der Waals surface area contributed by atoms with Crippen LogP contribution in [0.5, 0.6) is 0 Å². The van der Waals surface area contributed by atoms with Crippen molar-refractivity contribution in [2.75, 3.05) is 18.0 Å².